The largest absolute Gasteiger partial charge is 0.399 e. The monoisotopic (exact) mass is 319 g/mol. The highest BCUT2D eigenvalue weighted by Crippen LogP contribution is 2.20. The molecule has 0 bridgehead atoms. The van der Waals surface area contributed by atoms with Crippen LogP contribution in [-0.2, 0) is 0 Å². The van der Waals surface area contributed by atoms with E-state index in [0.717, 1.165) is 5.69 Å². The molecule has 0 aliphatic rings. The van der Waals surface area contributed by atoms with Crippen molar-refractivity contribution in [2.75, 3.05) is 5.73 Å². The molecule has 5 heteroatoms. The molecular weight excluding hydrogens is 306 g/mol. The van der Waals surface area contributed by atoms with Crippen LogP contribution in [0.3, 0.4) is 0 Å². The first-order valence-electron chi connectivity index (χ1n) is 5.84. The Labute approximate surface area is 120 Å². The van der Waals surface area contributed by atoms with Gasteiger partial charge in [-0.15, -0.1) is 0 Å². The van der Waals surface area contributed by atoms with Crippen molar-refractivity contribution in [2.45, 2.75) is 13.0 Å². The first-order valence-corrected chi connectivity index (χ1v) is 6.64. The van der Waals surface area contributed by atoms with Crippen LogP contribution >= 0.6 is 15.9 Å². The lowest BCUT2D eigenvalue weighted by molar-refractivity contribution is 0.0938. The van der Waals surface area contributed by atoms with E-state index in [1.54, 1.807) is 24.4 Å². The van der Waals surface area contributed by atoms with Gasteiger partial charge in [0.15, 0.2) is 0 Å². The number of nitrogens with zero attached hydrogens (tertiary/aromatic N) is 1. The van der Waals surface area contributed by atoms with Gasteiger partial charge in [0.1, 0.15) is 0 Å². The minimum atomic E-state index is -0.183. The normalized spacial score (nSPS) is 11.9. The Morgan fingerprint density at radius 2 is 2.16 bits per heavy atom. The summed E-state index contributed by atoms with van der Waals surface area (Å²) in [6, 6.07) is 10.6. The highest BCUT2D eigenvalue weighted by Gasteiger charge is 2.14. The van der Waals surface area contributed by atoms with Crippen molar-refractivity contribution < 1.29 is 4.79 Å². The molecule has 1 unspecified atom stereocenters. The van der Waals surface area contributed by atoms with E-state index in [-0.39, 0.29) is 11.9 Å². The molecule has 19 heavy (non-hydrogen) atoms. The highest BCUT2D eigenvalue weighted by molar-refractivity contribution is 9.10. The number of aromatic nitrogens is 1. The van der Waals surface area contributed by atoms with Crippen LogP contribution in [0.4, 0.5) is 5.69 Å². The summed E-state index contributed by atoms with van der Waals surface area (Å²) in [4.78, 5) is 16.4. The third kappa shape index (κ3) is 3.32. The van der Waals surface area contributed by atoms with Crippen LogP contribution in [0.15, 0.2) is 47.1 Å². The van der Waals surface area contributed by atoms with Crippen molar-refractivity contribution in [2.24, 2.45) is 0 Å². The Bertz CT molecular complexity index is 586. The standard InChI is InChI=1S/C14H14BrN3O/c1-9(13-4-2-3-7-17-13)18-14(19)11-8-10(16)5-6-12(11)15/h2-9H,16H2,1H3,(H,18,19). The number of amides is 1. The molecule has 98 valence electrons. The predicted octanol–water partition coefficient (Wildman–Crippen LogP) is 2.92. The van der Waals surface area contributed by atoms with Crippen LogP contribution in [0.5, 0.6) is 0 Å². The molecule has 2 aromatic rings. The SMILES string of the molecule is CC(NC(=O)c1cc(N)ccc1Br)c1ccccn1. The molecular formula is C14H14BrN3O. The number of rotatable bonds is 3. The quantitative estimate of drug-likeness (QED) is 0.855. The molecule has 0 saturated carbocycles. The Kier molecular flexibility index (Phi) is 4.16. The fourth-order valence-corrected chi connectivity index (χ4v) is 2.12. The Hall–Kier alpha value is -1.88. The van der Waals surface area contributed by atoms with Gasteiger partial charge in [0, 0.05) is 16.4 Å². The molecule has 1 amide bonds. The summed E-state index contributed by atoms with van der Waals surface area (Å²) in [5.74, 6) is -0.183. The summed E-state index contributed by atoms with van der Waals surface area (Å²) in [5, 5.41) is 2.89. The summed E-state index contributed by atoms with van der Waals surface area (Å²) in [7, 11) is 0. The molecule has 3 N–H and O–H groups in total. The molecule has 1 heterocycles. The predicted molar refractivity (Wildman–Crippen MR) is 78.7 cm³/mol. The number of nitrogens with two attached hydrogens (primary N) is 1. The second kappa shape index (κ2) is 5.84. The van der Waals surface area contributed by atoms with Crippen LogP contribution in [-0.4, -0.2) is 10.9 Å². The van der Waals surface area contributed by atoms with Crippen LogP contribution in [0.1, 0.15) is 29.0 Å². The van der Waals surface area contributed by atoms with E-state index in [1.165, 1.54) is 0 Å². The number of hydrogen-bond donors (Lipinski definition) is 2. The minimum absolute atomic E-state index is 0.165. The lowest BCUT2D eigenvalue weighted by Gasteiger charge is -2.14. The second-order valence-electron chi connectivity index (χ2n) is 4.19. The summed E-state index contributed by atoms with van der Waals surface area (Å²) < 4.78 is 0.715. The van der Waals surface area contributed by atoms with Gasteiger partial charge < -0.3 is 11.1 Å². The third-order valence-electron chi connectivity index (χ3n) is 2.71. The smallest absolute Gasteiger partial charge is 0.253 e. The van der Waals surface area contributed by atoms with Crippen LogP contribution in [0.25, 0.3) is 0 Å². The van der Waals surface area contributed by atoms with E-state index < -0.39 is 0 Å². The number of carbonyl (C=O) groups excluding carboxylic acids is 1. The van der Waals surface area contributed by atoms with E-state index in [1.807, 2.05) is 25.1 Å². The summed E-state index contributed by atoms with van der Waals surface area (Å²) in [5.41, 5.74) is 7.58. The van der Waals surface area contributed by atoms with Crippen molar-refractivity contribution in [3.05, 3.63) is 58.3 Å². The van der Waals surface area contributed by atoms with Crippen LogP contribution in [0.2, 0.25) is 0 Å². The molecule has 1 atom stereocenters. The van der Waals surface area contributed by atoms with Gasteiger partial charge in [0.05, 0.1) is 17.3 Å². The fourth-order valence-electron chi connectivity index (χ4n) is 1.70. The number of hydrogen-bond acceptors (Lipinski definition) is 3. The van der Waals surface area contributed by atoms with Crippen molar-refractivity contribution in [1.82, 2.24) is 10.3 Å². The molecule has 0 fully saturated rings. The van der Waals surface area contributed by atoms with Gasteiger partial charge >= 0.3 is 0 Å². The number of halogens is 1. The van der Waals surface area contributed by atoms with Crippen molar-refractivity contribution in [3.8, 4) is 0 Å². The first kappa shape index (κ1) is 13.5. The van der Waals surface area contributed by atoms with Gasteiger partial charge in [-0.2, -0.15) is 0 Å². The zero-order chi connectivity index (χ0) is 13.8. The summed E-state index contributed by atoms with van der Waals surface area (Å²) in [6.45, 7) is 1.89. The maximum Gasteiger partial charge on any atom is 0.253 e. The first-order chi connectivity index (χ1) is 9.08. The molecule has 0 aliphatic heterocycles. The minimum Gasteiger partial charge on any atom is -0.399 e. The lowest BCUT2D eigenvalue weighted by Crippen LogP contribution is -2.27. The summed E-state index contributed by atoms with van der Waals surface area (Å²) in [6.07, 6.45) is 1.70. The maximum absolute atomic E-state index is 12.2. The van der Waals surface area contributed by atoms with Gasteiger partial charge in [0.25, 0.3) is 5.91 Å². The Balaban J connectivity index is 2.15. The third-order valence-corrected chi connectivity index (χ3v) is 3.41. The van der Waals surface area contributed by atoms with Gasteiger partial charge in [-0.3, -0.25) is 9.78 Å². The Morgan fingerprint density at radius 3 is 2.84 bits per heavy atom. The molecule has 1 aromatic carbocycles. The number of benzene rings is 1. The zero-order valence-electron chi connectivity index (χ0n) is 10.4. The molecule has 4 nitrogen and oxygen atoms in total. The van der Waals surface area contributed by atoms with Crippen LogP contribution < -0.4 is 11.1 Å². The molecule has 0 radical (unpaired) electrons. The van der Waals surface area contributed by atoms with Crippen LogP contribution in [0, 0.1) is 0 Å². The van der Waals surface area contributed by atoms with Crippen molar-refractivity contribution in [3.63, 3.8) is 0 Å². The molecule has 0 spiro atoms. The van der Waals surface area contributed by atoms with E-state index >= 15 is 0 Å². The number of nitrogen functional groups attached to an aromatic ring is 1. The maximum atomic E-state index is 12.2. The summed E-state index contributed by atoms with van der Waals surface area (Å²) >= 11 is 3.35. The van der Waals surface area contributed by atoms with E-state index in [9.17, 15) is 4.79 Å². The van der Waals surface area contributed by atoms with E-state index in [2.05, 4.69) is 26.2 Å². The van der Waals surface area contributed by atoms with Gasteiger partial charge in [-0.05, 0) is 53.2 Å². The van der Waals surface area contributed by atoms with Gasteiger partial charge in [-0.25, -0.2) is 0 Å². The fraction of sp³-hybridized carbons (Fsp3) is 0.143. The van der Waals surface area contributed by atoms with Gasteiger partial charge in [0.2, 0.25) is 0 Å². The topological polar surface area (TPSA) is 68.0 Å². The average molecular weight is 320 g/mol. The number of nitrogens with one attached hydrogen (secondary N) is 1. The molecule has 1 aromatic heterocycles. The zero-order valence-corrected chi connectivity index (χ0v) is 12.0. The second-order valence-corrected chi connectivity index (χ2v) is 5.04. The molecule has 2 rings (SSSR count). The number of pyridine rings is 1. The van der Waals surface area contributed by atoms with Gasteiger partial charge in [-0.1, -0.05) is 6.07 Å². The van der Waals surface area contributed by atoms with E-state index in [0.29, 0.717) is 15.7 Å². The average Bonchev–Trinajstić information content (AvgIpc) is 2.42. The van der Waals surface area contributed by atoms with E-state index in [4.69, 9.17) is 5.73 Å². The highest BCUT2D eigenvalue weighted by atomic mass is 79.9. The molecule has 0 aliphatic carbocycles. The molecule has 0 saturated heterocycles. The number of anilines is 1. The van der Waals surface area contributed by atoms with Crippen molar-refractivity contribution in [1.29, 1.82) is 0 Å². The van der Waals surface area contributed by atoms with Crippen molar-refractivity contribution >= 4 is 27.5 Å². The Morgan fingerprint density at radius 1 is 1.37 bits per heavy atom. The number of carbonyl (C=O) groups is 1. The lowest BCUT2D eigenvalue weighted by atomic mass is 10.1.